The predicted molar refractivity (Wildman–Crippen MR) is 77.8 cm³/mol. The van der Waals surface area contributed by atoms with Crippen molar-refractivity contribution >= 4 is 0 Å². The summed E-state index contributed by atoms with van der Waals surface area (Å²) in [6, 6.07) is 3.70. The lowest BCUT2D eigenvalue weighted by Gasteiger charge is -2.12. The maximum Gasteiger partial charge on any atom is 0.168 e. The maximum atomic E-state index is 5.81. The molecule has 2 aromatic heterocycles. The lowest BCUT2D eigenvalue weighted by atomic mass is 10.2. The first-order valence-corrected chi connectivity index (χ1v) is 6.85. The van der Waals surface area contributed by atoms with Gasteiger partial charge >= 0.3 is 0 Å². The molecule has 2 aromatic rings. The Morgan fingerprint density at radius 2 is 2.15 bits per heavy atom. The molecule has 0 amide bonds. The van der Waals surface area contributed by atoms with Crippen LogP contribution in [0.5, 0.6) is 11.5 Å². The van der Waals surface area contributed by atoms with Gasteiger partial charge in [-0.1, -0.05) is 20.8 Å². The van der Waals surface area contributed by atoms with E-state index in [0.717, 1.165) is 18.1 Å². The van der Waals surface area contributed by atoms with Crippen LogP contribution in [0, 0.1) is 0 Å². The fraction of sp³-hybridized carbons (Fsp3) is 0.400. The van der Waals surface area contributed by atoms with Crippen molar-refractivity contribution in [1.29, 1.82) is 0 Å². The van der Waals surface area contributed by atoms with Gasteiger partial charge in [-0.2, -0.15) is 0 Å². The Bertz CT molecular complexity index is 543. The highest BCUT2D eigenvalue weighted by Gasteiger charge is 2.11. The van der Waals surface area contributed by atoms with E-state index < -0.39 is 0 Å². The Morgan fingerprint density at radius 3 is 2.80 bits per heavy atom. The summed E-state index contributed by atoms with van der Waals surface area (Å²) in [5.74, 6) is 2.48. The first-order chi connectivity index (χ1) is 9.70. The van der Waals surface area contributed by atoms with Crippen molar-refractivity contribution in [3.05, 3.63) is 42.2 Å². The molecule has 0 unspecified atom stereocenters. The fourth-order valence-electron chi connectivity index (χ4n) is 1.69. The number of hydrogen-bond acceptors (Lipinski definition) is 5. The van der Waals surface area contributed by atoms with Gasteiger partial charge in [0.25, 0.3) is 0 Å². The molecule has 0 saturated carbocycles. The van der Waals surface area contributed by atoms with Crippen LogP contribution < -0.4 is 10.1 Å². The number of pyridine rings is 1. The summed E-state index contributed by atoms with van der Waals surface area (Å²) >= 11 is 0. The van der Waals surface area contributed by atoms with E-state index in [9.17, 15) is 0 Å². The van der Waals surface area contributed by atoms with Crippen LogP contribution in [0.3, 0.4) is 0 Å². The summed E-state index contributed by atoms with van der Waals surface area (Å²) in [6.07, 6.45) is 5.13. The predicted octanol–water partition coefficient (Wildman–Crippen LogP) is 2.90. The third-order valence-corrected chi connectivity index (χ3v) is 2.77. The van der Waals surface area contributed by atoms with Crippen molar-refractivity contribution in [2.45, 2.75) is 33.2 Å². The van der Waals surface area contributed by atoms with Crippen molar-refractivity contribution < 1.29 is 4.74 Å². The van der Waals surface area contributed by atoms with Gasteiger partial charge in [-0.15, -0.1) is 0 Å². The largest absolute Gasteiger partial charge is 0.452 e. The highest BCUT2D eigenvalue weighted by atomic mass is 16.5. The number of rotatable bonds is 6. The first kappa shape index (κ1) is 14.4. The highest BCUT2D eigenvalue weighted by Crippen LogP contribution is 2.24. The van der Waals surface area contributed by atoms with E-state index in [1.165, 1.54) is 0 Å². The molecule has 0 aliphatic heterocycles. The Hall–Kier alpha value is -2.01. The number of aromatic nitrogens is 3. The van der Waals surface area contributed by atoms with Gasteiger partial charge in [-0.3, -0.25) is 4.98 Å². The molecule has 0 bridgehead atoms. The summed E-state index contributed by atoms with van der Waals surface area (Å²) < 4.78 is 5.81. The van der Waals surface area contributed by atoms with Crippen LogP contribution in [-0.2, 0) is 6.54 Å². The molecule has 2 rings (SSSR count). The number of nitrogens with one attached hydrogen (secondary N) is 1. The second-order valence-corrected chi connectivity index (χ2v) is 4.76. The molecule has 0 spiro atoms. The average Bonchev–Trinajstić information content (AvgIpc) is 2.47. The van der Waals surface area contributed by atoms with E-state index in [-0.39, 0.29) is 0 Å². The van der Waals surface area contributed by atoms with Crippen molar-refractivity contribution in [3.63, 3.8) is 0 Å². The smallest absolute Gasteiger partial charge is 0.168 e. The van der Waals surface area contributed by atoms with Gasteiger partial charge in [-0.25, -0.2) is 9.97 Å². The van der Waals surface area contributed by atoms with E-state index in [1.54, 1.807) is 18.6 Å². The van der Waals surface area contributed by atoms with Gasteiger partial charge < -0.3 is 10.1 Å². The van der Waals surface area contributed by atoms with E-state index in [0.29, 0.717) is 24.0 Å². The number of nitrogens with zero attached hydrogens (tertiary/aromatic N) is 3. The van der Waals surface area contributed by atoms with Crippen molar-refractivity contribution in [3.8, 4) is 11.5 Å². The molecule has 0 fully saturated rings. The van der Waals surface area contributed by atoms with Gasteiger partial charge in [0.2, 0.25) is 0 Å². The summed E-state index contributed by atoms with van der Waals surface area (Å²) in [7, 11) is 0. The maximum absolute atomic E-state index is 5.81. The standard InChI is InChI=1S/C15H20N4O/c1-4-16-9-13-14(10-18-15(19-13)11(2)3)20-12-6-5-7-17-8-12/h5-8,10-11,16H,4,9H2,1-3H3. The molecule has 0 aromatic carbocycles. The van der Waals surface area contributed by atoms with Crippen LogP contribution in [0.4, 0.5) is 0 Å². The molecule has 0 aliphatic rings. The SMILES string of the molecule is CCNCc1nc(C(C)C)ncc1Oc1cccnc1. The molecular formula is C15H20N4O. The summed E-state index contributed by atoms with van der Waals surface area (Å²) in [5.41, 5.74) is 0.870. The monoisotopic (exact) mass is 272 g/mol. The Balaban J connectivity index is 2.26. The summed E-state index contributed by atoms with van der Waals surface area (Å²) in [6.45, 7) is 7.76. The molecule has 5 nitrogen and oxygen atoms in total. The molecule has 0 atom stereocenters. The van der Waals surface area contributed by atoms with Crippen LogP contribution in [0.25, 0.3) is 0 Å². The molecule has 0 radical (unpaired) electrons. The van der Waals surface area contributed by atoms with Crippen molar-refractivity contribution in [2.75, 3.05) is 6.54 Å². The average molecular weight is 272 g/mol. The third kappa shape index (κ3) is 3.74. The minimum absolute atomic E-state index is 0.294. The second-order valence-electron chi connectivity index (χ2n) is 4.76. The minimum Gasteiger partial charge on any atom is -0.452 e. The van der Waals surface area contributed by atoms with Crippen molar-refractivity contribution in [2.24, 2.45) is 0 Å². The molecule has 1 N–H and O–H groups in total. The molecule has 0 aliphatic carbocycles. The number of hydrogen-bond donors (Lipinski definition) is 1. The van der Waals surface area contributed by atoms with Gasteiger partial charge in [0, 0.05) is 18.7 Å². The lowest BCUT2D eigenvalue weighted by molar-refractivity contribution is 0.461. The molecule has 106 valence electrons. The Kier molecular flexibility index (Phi) is 5.01. The second kappa shape index (κ2) is 6.96. The van der Waals surface area contributed by atoms with E-state index >= 15 is 0 Å². The molecule has 0 saturated heterocycles. The van der Waals surface area contributed by atoms with Crippen LogP contribution in [0.15, 0.2) is 30.7 Å². The first-order valence-electron chi connectivity index (χ1n) is 6.85. The Labute approximate surface area is 119 Å². The summed E-state index contributed by atoms with van der Waals surface area (Å²) in [4.78, 5) is 13.0. The van der Waals surface area contributed by atoms with Crippen molar-refractivity contribution in [1.82, 2.24) is 20.3 Å². The molecule has 20 heavy (non-hydrogen) atoms. The topological polar surface area (TPSA) is 59.9 Å². The zero-order chi connectivity index (χ0) is 14.4. The van der Waals surface area contributed by atoms with E-state index in [4.69, 9.17) is 4.74 Å². The van der Waals surface area contributed by atoms with Gasteiger partial charge in [0.1, 0.15) is 17.3 Å². The van der Waals surface area contributed by atoms with Gasteiger partial charge in [0.05, 0.1) is 12.4 Å². The van der Waals surface area contributed by atoms with Gasteiger partial charge in [0.15, 0.2) is 5.75 Å². The quantitative estimate of drug-likeness (QED) is 0.876. The van der Waals surface area contributed by atoms with Crippen LogP contribution in [0.2, 0.25) is 0 Å². The van der Waals surface area contributed by atoms with Crippen LogP contribution >= 0.6 is 0 Å². The zero-order valence-corrected chi connectivity index (χ0v) is 12.1. The van der Waals surface area contributed by atoms with Crippen LogP contribution in [-0.4, -0.2) is 21.5 Å². The third-order valence-electron chi connectivity index (χ3n) is 2.77. The number of ether oxygens (including phenoxy) is 1. The van der Waals surface area contributed by atoms with E-state index in [1.807, 2.05) is 12.1 Å². The zero-order valence-electron chi connectivity index (χ0n) is 12.1. The van der Waals surface area contributed by atoms with Gasteiger partial charge in [-0.05, 0) is 18.7 Å². The molecular weight excluding hydrogens is 252 g/mol. The highest BCUT2D eigenvalue weighted by molar-refractivity contribution is 5.31. The van der Waals surface area contributed by atoms with E-state index in [2.05, 4.69) is 41.0 Å². The lowest BCUT2D eigenvalue weighted by Crippen LogP contribution is -2.15. The fourth-order valence-corrected chi connectivity index (χ4v) is 1.69. The Morgan fingerprint density at radius 1 is 1.30 bits per heavy atom. The summed E-state index contributed by atoms with van der Waals surface area (Å²) in [5, 5.41) is 3.27. The minimum atomic E-state index is 0.294. The molecule has 2 heterocycles. The molecule has 5 heteroatoms. The van der Waals surface area contributed by atoms with Crippen LogP contribution in [0.1, 0.15) is 38.2 Å². The normalized spacial score (nSPS) is 10.8.